The molecule has 4 unspecified atom stereocenters. The predicted molar refractivity (Wildman–Crippen MR) is 112 cm³/mol. The van der Waals surface area contributed by atoms with Crippen LogP contribution < -0.4 is 16.0 Å². The van der Waals surface area contributed by atoms with Gasteiger partial charge < -0.3 is 16.0 Å². The molecule has 6 rings (SSSR count). The molecule has 2 bridgehead atoms. The van der Waals surface area contributed by atoms with E-state index in [9.17, 15) is 14.0 Å². The van der Waals surface area contributed by atoms with Crippen molar-refractivity contribution in [1.82, 2.24) is 10.6 Å². The maximum atomic E-state index is 13.1. The number of anilines is 1. The van der Waals surface area contributed by atoms with Crippen LogP contribution in [0.25, 0.3) is 0 Å². The van der Waals surface area contributed by atoms with E-state index in [1.54, 1.807) is 12.1 Å². The Morgan fingerprint density at radius 1 is 1.17 bits per heavy atom. The van der Waals surface area contributed by atoms with Crippen LogP contribution in [-0.4, -0.2) is 17.5 Å². The summed E-state index contributed by atoms with van der Waals surface area (Å²) in [6.07, 6.45) is 3.40. The van der Waals surface area contributed by atoms with Gasteiger partial charge in [0, 0.05) is 24.1 Å². The summed E-state index contributed by atoms with van der Waals surface area (Å²) in [4.78, 5) is 25.9. The van der Waals surface area contributed by atoms with Gasteiger partial charge in [-0.15, -0.1) is 0 Å². The standard InChI is InChI=1S/C24H26FN3O2/c1-23-11-10-16(12-19(23)22(30)26-13-15-6-8-17(25)9-7-15)24(14-23)27-20-5-3-2-4-18(20)21(29)28-24/h2-9,16,19,27H,10-14H2,1H3,(H,26,30)(H,28,29). The van der Waals surface area contributed by atoms with Crippen molar-refractivity contribution >= 4 is 17.5 Å². The number of hydrogen-bond donors (Lipinski definition) is 3. The molecule has 2 amide bonds. The van der Waals surface area contributed by atoms with E-state index in [4.69, 9.17) is 0 Å². The molecule has 156 valence electrons. The zero-order valence-corrected chi connectivity index (χ0v) is 17.0. The minimum atomic E-state index is -0.494. The van der Waals surface area contributed by atoms with E-state index in [-0.39, 0.29) is 34.9 Å². The van der Waals surface area contributed by atoms with Crippen molar-refractivity contribution in [3.05, 3.63) is 65.5 Å². The van der Waals surface area contributed by atoms with Crippen LogP contribution in [0.5, 0.6) is 0 Å². The molecule has 2 aromatic rings. The Bertz CT molecular complexity index is 1010. The molecule has 2 aromatic carbocycles. The highest BCUT2D eigenvalue weighted by Crippen LogP contribution is 2.58. The lowest BCUT2D eigenvalue weighted by atomic mass is 9.51. The maximum Gasteiger partial charge on any atom is 0.255 e. The molecular formula is C24H26FN3O2. The summed E-state index contributed by atoms with van der Waals surface area (Å²) in [6.45, 7) is 2.56. The fraction of sp³-hybridized carbons (Fsp3) is 0.417. The van der Waals surface area contributed by atoms with Gasteiger partial charge in [0.1, 0.15) is 11.5 Å². The van der Waals surface area contributed by atoms with Crippen molar-refractivity contribution in [1.29, 1.82) is 0 Å². The van der Waals surface area contributed by atoms with Crippen LogP contribution in [-0.2, 0) is 11.3 Å². The maximum absolute atomic E-state index is 13.1. The minimum Gasteiger partial charge on any atom is -0.362 e. The molecule has 5 nitrogen and oxygen atoms in total. The second kappa shape index (κ2) is 6.83. The number of fused-ring (bicyclic) bond motifs is 3. The van der Waals surface area contributed by atoms with Crippen molar-refractivity contribution in [3.63, 3.8) is 0 Å². The summed E-state index contributed by atoms with van der Waals surface area (Å²) in [7, 11) is 0. The molecule has 1 heterocycles. The topological polar surface area (TPSA) is 70.2 Å². The predicted octanol–water partition coefficient (Wildman–Crippen LogP) is 3.82. The molecule has 1 aliphatic heterocycles. The van der Waals surface area contributed by atoms with Gasteiger partial charge in [-0.05, 0) is 60.9 Å². The van der Waals surface area contributed by atoms with Crippen LogP contribution in [0.3, 0.4) is 0 Å². The monoisotopic (exact) mass is 407 g/mol. The Balaban J connectivity index is 1.33. The van der Waals surface area contributed by atoms with Gasteiger partial charge in [-0.25, -0.2) is 4.39 Å². The molecule has 0 aromatic heterocycles. The molecule has 4 atom stereocenters. The summed E-state index contributed by atoms with van der Waals surface area (Å²) < 4.78 is 13.1. The number of rotatable bonds is 3. The van der Waals surface area contributed by atoms with Crippen LogP contribution in [0.2, 0.25) is 0 Å². The third-order valence-electron chi connectivity index (χ3n) is 7.37. The van der Waals surface area contributed by atoms with Crippen molar-refractivity contribution in [2.45, 2.75) is 44.8 Å². The van der Waals surface area contributed by atoms with Gasteiger partial charge in [-0.3, -0.25) is 9.59 Å². The lowest BCUT2D eigenvalue weighted by Gasteiger charge is -2.60. The van der Waals surface area contributed by atoms with Crippen LogP contribution in [0.4, 0.5) is 10.1 Å². The summed E-state index contributed by atoms with van der Waals surface area (Å²) in [5, 5.41) is 9.92. The SMILES string of the molecule is CC12CCC(CC1C(=O)NCc1ccc(F)cc1)C1(C2)NC(=O)c2ccccc2N1. The highest BCUT2D eigenvalue weighted by Gasteiger charge is 2.60. The number of carbonyl (C=O) groups is 2. The van der Waals surface area contributed by atoms with E-state index in [1.807, 2.05) is 24.3 Å². The van der Waals surface area contributed by atoms with E-state index in [1.165, 1.54) is 12.1 Å². The third kappa shape index (κ3) is 3.06. The Labute approximate surface area is 175 Å². The average Bonchev–Trinajstić information content (AvgIpc) is 2.73. The lowest BCUT2D eigenvalue weighted by molar-refractivity contribution is -0.139. The molecule has 6 heteroatoms. The summed E-state index contributed by atoms with van der Waals surface area (Å²) >= 11 is 0. The molecule has 30 heavy (non-hydrogen) atoms. The number of amides is 2. The van der Waals surface area contributed by atoms with E-state index in [0.717, 1.165) is 36.9 Å². The summed E-state index contributed by atoms with van der Waals surface area (Å²) in [6, 6.07) is 13.8. The molecule has 3 N–H and O–H groups in total. The van der Waals surface area contributed by atoms with Crippen LogP contribution in [0, 0.1) is 23.1 Å². The fourth-order valence-corrected chi connectivity index (χ4v) is 5.77. The van der Waals surface area contributed by atoms with Gasteiger partial charge in [0.25, 0.3) is 5.91 Å². The molecule has 3 aliphatic carbocycles. The number of para-hydroxylation sites is 1. The first kappa shape index (κ1) is 19.1. The number of benzene rings is 2. The first-order chi connectivity index (χ1) is 14.4. The van der Waals surface area contributed by atoms with Gasteiger partial charge in [0.05, 0.1) is 5.56 Å². The zero-order chi connectivity index (χ0) is 20.9. The second-order valence-corrected chi connectivity index (χ2v) is 9.30. The lowest BCUT2D eigenvalue weighted by Crippen LogP contribution is -2.70. The zero-order valence-electron chi connectivity index (χ0n) is 17.0. The van der Waals surface area contributed by atoms with Gasteiger partial charge in [-0.1, -0.05) is 31.2 Å². The first-order valence-corrected chi connectivity index (χ1v) is 10.6. The van der Waals surface area contributed by atoms with Crippen LogP contribution in [0.1, 0.15) is 48.5 Å². The first-order valence-electron chi connectivity index (χ1n) is 10.6. The van der Waals surface area contributed by atoms with Crippen LogP contribution >= 0.6 is 0 Å². The van der Waals surface area contributed by atoms with Crippen molar-refractivity contribution in [2.75, 3.05) is 5.32 Å². The number of halogens is 1. The van der Waals surface area contributed by atoms with Crippen LogP contribution in [0.15, 0.2) is 48.5 Å². The molecule has 0 saturated heterocycles. The summed E-state index contributed by atoms with van der Waals surface area (Å²) in [5.74, 6) is -0.186. The largest absolute Gasteiger partial charge is 0.362 e. The summed E-state index contributed by atoms with van der Waals surface area (Å²) in [5.41, 5.74) is 1.73. The highest BCUT2D eigenvalue weighted by atomic mass is 19.1. The van der Waals surface area contributed by atoms with E-state index in [0.29, 0.717) is 12.1 Å². The molecule has 3 saturated carbocycles. The molecule has 3 fully saturated rings. The Hall–Kier alpha value is -2.89. The number of hydrogen-bond acceptors (Lipinski definition) is 3. The number of carbonyl (C=O) groups excluding carboxylic acids is 2. The fourth-order valence-electron chi connectivity index (χ4n) is 5.77. The quantitative estimate of drug-likeness (QED) is 0.724. The Kier molecular flexibility index (Phi) is 4.34. The minimum absolute atomic E-state index is 0.0437. The highest BCUT2D eigenvalue weighted by molar-refractivity contribution is 6.02. The molecule has 4 aliphatic rings. The van der Waals surface area contributed by atoms with Gasteiger partial charge >= 0.3 is 0 Å². The van der Waals surface area contributed by atoms with Gasteiger partial charge in [-0.2, -0.15) is 0 Å². The number of nitrogens with one attached hydrogen (secondary N) is 3. The van der Waals surface area contributed by atoms with E-state index in [2.05, 4.69) is 22.9 Å². The second-order valence-electron chi connectivity index (χ2n) is 9.30. The molecule has 0 radical (unpaired) electrons. The van der Waals surface area contributed by atoms with Gasteiger partial charge in [0.15, 0.2) is 0 Å². The molecule has 1 spiro atoms. The average molecular weight is 407 g/mol. The van der Waals surface area contributed by atoms with Crippen molar-refractivity contribution in [2.24, 2.45) is 17.3 Å². The third-order valence-corrected chi connectivity index (χ3v) is 7.37. The van der Waals surface area contributed by atoms with Crippen molar-refractivity contribution in [3.8, 4) is 0 Å². The van der Waals surface area contributed by atoms with Crippen molar-refractivity contribution < 1.29 is 14.0 Å². The molecular weight excluding hydrogens is 381 g/mol. The Morgan fingerprint density at radius 3 is 2.70 bits per heavy atom. The normalized spacial score (nSPS) is 31.6. The van der Waals surface area contributed by atoms with Gasteiger partial charge in [0.2, 0.25) is 5.91 Å². The smallest absolute Gasteiger partial charge is 0.255 e. The Morgan fingerprint density at radius 2 is 1.93 bits per heavy atom. The van der Waals surface area contributed by atoms with E-state index >= 15 is 0 Å². The van der Waals surface area contributed by atoms with E-state index < -0.39 is 5.66 Å².